The number of hydrogen-bond donors (Lipinski definition) is 1. The molecule has 22 heavy (non-hydrogen) atoms. The molecular formula is C17H17ClN4. The molecule has 0 saturated heterocycles. The zero-order valence-electron chi connectivity index (χ0n) is 12.4. The van der Waals surface area contributed by atoms with E-state index in [-0.39, 0.29) is 0 Å². The summed E-state index contributed by atoms with van der Waals surface area (Å²) in [5.41, 5.74) is 5.22. The first kappa shape index (κ1) is 13.7. The zero-order valence-corrected chi connectivity index (χ0v) is 13.2. The highest BCUT2D eigenvalue weighted by Gasteiger charge is 2.14. The maximum Gasteiger partial charge on any atom is 0.111 e. The molecule has 112 valence electrons. The van der Waals surface area contributed by atoms with E-state index < -0.39 is 0 Å². The molecule has 0 spiro atoms. The summed E-state index contributed by atoms with van der Waals surface area (Å²) in [6.07, 6.45) is 1.11. The standard InChI is InChI=1S/C17H17ClN4/c1-11-7-16(20-15-4-3-12(18)8-14(11)15)17-9-13-10-19-5-2-6-22(13)21-17/h3-4,7-9,19H,2,5-6,10H2,1H3. The summed E-state index contributed by atoms with van der Waals surface area (Å²) in [5, 5.41) is 9.99. The maximum atomic E-state index is 6.08. The molecule has 2 aromatic heterocycles. The molecule has 1 aliphatic rings. The van der Waals surface area contributed by atoms with Crippen LogP contribution in [0.25, 0.3) is 22.3 Å². The van der Waals surface area contributed by atoms with E-state index in [4.69, 9.17) is 21.7 Å². The minimum absolute atomic E-state index is 0.741. The molecule has 5 heteroatoms. The number of benzene rings is 1. The van der Waals surface area contributed by atoms with Gasteiger partial charge < -0.3 is 5.32 Å². The number of nitrogens with one attached hydrogen (secondary N) is 1. The van der Waals surface area contributed by atoms with E-state index in [2.05, 4.69) is 29.1 Å². The molecule has 0 fully saturated rings. The number of fused-ring (bicyclic) bond motifs is 2. The Hall–Kier alpha value is -1.91. The van der Waals surface area contributed by atoms with Crippen molar-refractivity contribution in [3.63, 3.8) is 0 Å². The zero-order chi connectivity index (χ0) is 15.1. The summed E-state index contributed by atoms with van der Waals surface area (Å²) in [6, 6.07) is 10.1. The Morgan fingerprint density at radius 1 is 1.18 bits per heavy atom. The molecule has 0 aliphatic carbocycles. The summed E-state index contributed by atoms with van der Waals surface area (Å²) in [7, 11) is 0. The summed E-state index contributed by atoms with van der Waals surface area (Å²) in [4.78, 5) is 4.76. The van der Waals surface area contributed by atoms with Crippen LogP contribution < -0.4 is 5.32 Å². The lowest BCUT2D eigenvalue weighted by atomic mass is 10.1. The molecule has 4 rings (SSSR count). The van der Waals surface area contributed by atoms with Gasteiger partial charge in [-0.05, 0) is 55.8 Å². The van der Waals surface area contributed by atoms with Gasteiger partial charge in [0.15, 0.2) is 0 Å². The van der Waals surface area contributed by atoms with Crippen molar-refractivity contribution in [3.05, 3.63) is 46.6 Å². The van der Waals surface area contributed by atoms with Crippen LogP contribution in [0.15, 0.2) is 30.3 Å². The molecule has 4 nitrogen and oxygen atoms in total. The van der Waals surface area contributed by atoms with Gasteiger partial charge in [-0.15, -0.1) is 0 Å². The van der Waals surface area contributed by atoms with Gasteiger partial charge in [-0.3, -0.25) is 4.68 Å². The van der Waals surface area contributed by atoms with Crippen LogP contribution in [0.4, 0.5) is 0 Å². The lowest BCUT2D eigenvalue weighted by Gasteiger charge is -2.05. The monoisotopic (exact) mass is 312 g/mol. The third-order valence-corrected chi connectivity index (χ3v) is 4.37. The molecule has 1 aliphatic heterocycles. The van der Waals surface area contributed by atoms with Gasteiger partial charge in [-0.25, -0.2) is 4.98 Å². The molecule has 1 N–H and O–H groups in total. The average Bonchev–Trinajstić information content (AvgIpc) is 2.79. The molecule has 0 saturated carbocycles. The van der Waals surface area contributed by atoms with Crippen molar-refractivity contribution in [2.24, 2.45) is 0 Å². The summed E-state index contributed by atoms with van der Waals surface area (Å²) < 4.78 is 2.10. The first-order chi connectivity index (χ1) is 10.7. The van der Waals surface area contributed by atoms with E-state index in [0.717, 1.165) is 53.4 Å². The first-order valence-corrected chi connectivity index (χ1v) is 7.93. The normalized spacial score (nSPS) is 14.8. The van der Waals surface area contributed by atoms with Crippen LogP contribution in [0.5, 0.6) is 0 Å². The van der Waals surface area contributed by atoms with Crippen molar-refractivity contribution in [2.45, 2.75) is 26.4 Å². The number of pyridine rings is 1. The molecule has 3 heterocycles. The Morgan fingerprint density at radius 2 is 2.09 bits per heavy atom. The quantitative estimate of drug-likeness (QED) is 0.747. The van der Waals surface area contributed by atoms with Crippen molar-refractivity contribution in [1.29, 1.82) is 0 Å². The second kappa shape index (κ2) is 5.38. The van der Waals surface area contributed by atoms with Gasteiger partial charge in [0.1, 0.15) is 5.69 Å². The lowest BCUT2D eigenvalue weighted by Crippen LogP contribution is -2.11. The predicted octanol–water partition coefficient (Wildman–Crippen LogP) is 3.55. The number of aromatic nitrogens is 3. The highest BCUT2D eigenvalue weighted by atomic mass is 35.5. The highest BCUT2D eigenvalue weighted by Crippen LogP contribution is 2.26. The van der Waals surface area contributed by atoms with Gasteiger partial charge >= 0.3 is 0 Å². The smallest absolute Gasteiger partial charge is 0.111 e. The Balaban J connectivity index is 1.82. The van der Waals surface area contributed by atoms with Crippen molar-refractivity contribution in [1.82, 2.24) is 20.1 Å². The minimum atomic E-state index is 0.741. The molecule has 0 bridgehead atoms. The molecule has 0 radical (unpaired) electrons. The summed E-state index contributed by atoms with van der Waals surface area (Å²) in [5.74, 6) is 0. The van der Waals surface area contributed by atoms with E-state index in [9.17, 15) is 0 Å². The van der Waals surface area contributed by atoms with E-state index in [0.29, 0.717) is 0 Å². The van der Waals surface area contributed by atoms with Crippen molar-refractivity contribution >= 4 is 22.5 Å². The molecule has 0 unspecified atom stereocenters. The summed E-state index contributed by atoms with van der Waals surface area (Å²) in [6.45, 7) is 4.97. The third kappa shape index (κ3) is 2.38. The number of aryl methyl sites for hydroxylation is 2. The van der Waals surface area contributed by atoms with Crippen LogP contribution in [0.1, 0.15) is 17.7 Å². The van der Waals surface area contributed by atoms with Gasteiger partial charge in [0, 0.05) is 23.5 Å². The Bertz CT molecular complexity index is 830. The van der Waals surface area contributed by atoms with Crippen LogP contribution in [0, 0.1) is 6.92 Å². The number of nitrogens with zero attached hydrogens (tertiary/aromatic N) is 3. The Kier molecular flexibility index (Phi) is 3.36. The molecule has 3 aromatic rings. The minimum Gasteiger partial charge on any atom is -0.311 e. The van der Waals surface area contributed by atoms with E-state index >= 15 is 0 Å². The number of halogens is 1. The first-order valence-electron chi connectivity index (χ1n) is 7.55. The Morgan fingerprint density at radius 3 is 3.00 bits per heavy atom. The van der Waals surface area contributed by atoms with Crippen LogP contribution in [-0.2, 0) is 13.1 Å². The van der Waals surface area contributed by atoms with Crippen molar-refractivity contribution in [2.75, 3.05) is 6.54 Å². The fourth-order valence-corrected chi connectivity index (χ4v) is 3.16. The largest absolute Gasteiger partial charge is 0.311 e. The SMILES string of the molecule is Cc1cc(-c2cc3n(n2)CCCNC3)nc2ccc(Cl)cc12. The molecular weight excluding hydrogens is 296 g/mol. The molecule has 0 amide bonds. The van der Waals surface area contributed by atoms with E-state index in [1.54, 1.807) is 0 Å². The second-order valence-electron chi connectivity index (χ2n) is 5.76. The fourth-order valence-electron chi connectivity index (χ4n) is 2.98. The predicted molar refractivity (Wildman–Crippen MR) is 89.0 cm³/mol. The van der Waals surface area contributed by atoms with E-state index in [1.807, 2.05) is 18.2 Å². The van der Waals surface area contributed by atoms with Crippen LogP contribution in [0.3, 0.4) is 0 Å². The number of hydrogen-bond acceptors (Lipinski definition) is 3. The van der Waals surface area contributed by atoms with Gasteiger partial charge in [0.25, 0.3) is 0 Å². The molecule has 0 atom stereocenters. The fraction of sp³-hybridized carbons (Fsp3) is 0.294. The van der Waals surface area contributed by atoms with Gasteiger partial charge in [-0.2, -0.15) is 5.10 Å². The average molecular weight is 313 g/mol. The van der Waals surface area contributed by atoms with Crippen molar-refractivity contribution < 1.29 is 0 Å². The summed E-state index contributed by atoms with van der Waals surface area (Å²) >= 11 is 6.08. The maximum absolute atomic E-state index is 6.08. The van der Waals surface area contributed by atoms with Crippen LogP contribution in [0.2, 0.25) is 5.02 Å². The third-order valence-electron chi connectivity index (χ3n) is 4.13. The second-order valence-corrected chi connectivity index (χ2v) is 6.20. The highest BCUT2D eigenvalue weighted by molar-refractivity contribution is 6.31. The Labute approximate surface area is 134 Å². The van der Waals surface area contributed by atoms with E-state index in [1.165, 1.54) is 11.3 Å². The molecule has 1 aromatic carbocycles. The van der Waals surface area contributed by atoms with Crippen LogP contribution in [-0.4, -0.2) is 21.3 Å². The van der Waals surface area contributed by atoms with Gasteiger partial charge in [0.2, 0.25) is 0 Å². The topological polar surface area (TPSA) is 42.7 Å². The lowest BCUT2D eigenvalue weighted by molar-refractivity contribution is 0.589. The van der Waals surface area contributed by atoms with Gasteiger partial charge in [-0.1, -0.05) is 11.6 Å². The van der Waals surface area contributed by atoms with Gasteiger partial charge in [0.05, 0.1) is 16.9 Å². The number of rotatable bonds is 1. The van der Waals surface area contributed by atoms with Crippen molar-refractivity contribution in [3.8, 4) is 11.4 Å². The van der Waals surface area contributed by atoms with Crippen LogP contribution >= 0.6 is 11.6 Å².